The molecule has 3 aromatic rings. The second-order valence-electron chi connectivity index (χ2n) is 10.4. The van der Waals surface area contributed by atoms with Crippen molar-refractivity contribution in [1.29, 1.82) is 0 Å². The number of nitrogens with one attached hydrogen (secondary N) is 3. The monoisotopic (exact) mass is 670 g/mol. The number of hydrogen-bond acceptors (Lipinski definition) is 9. The van der Waals surface area contributed by atoms with Gasteiger partial charge in [-0.2, -0.15) is 8.42 Å². The molecule has 3 aromatic carbocycles. The van der Waals surface area contributed by atoms with Gasteiger partial charge in [-0.3, -0.25) is 14.4 Å². The van der Waals surface area contributed by atoms with E-state index in [0.717, 1.165) is 5.56 Å². The maximum Gasteiger partial charge on any atom is 0.424 e. The number of carbonyl (C=O) groups is 4. The number of rotatable bonds is 14. The molecule has 0 spiro atoms. The molecule has 250 valence electrons. The van der Waals surface area contributed by atoms with Crippen molar-refractivity contribution in [3.63, 3.8) is 0 Å². The van der Waals surface area contributed by atoms with Gasteiger partial charge in [0.05, 0.1) is 23.5 Å². The summed E-state index contributed by atoms with van der Waals surface area (Å²) in [7, 11) is -4.91. The number of hydrogen-bond donors (Lipinski definition) is 3. The molecule has 0 bridgehead atoms. The van der Waals surface area contributed by atoms with E-state index in [1.54, 1.807) is 66.2 Å². The van der Waals surface area contributed by atoms with Crippen LogP contribution in [0.3, 0.4) is 0 Å². The topological polar surface area (TPSA) is 169 Å². The van der Waals surface area contributed by atoms with Crippen LogP contribution in [0, 0.1) is 0 Å². The Morgan fingerprint density at radius 1 is 1.00 bits per heavy atom. The third-order valence-electron chi connectivity index (χ3n) is 6.85. The standard InChI is InChI=1S/C32H35FN4O9S/c1-3-10-28(33)46-32(41)36-47(42,43)37(19-29(38)44-4-2)26-16-15-22(18-27(26)45-20-21-11-6-5-7-12-21)17-25-31(40)34-24-14-9-8-13-23(24)30(39)35-25/h5-9,11-16,18,25,28H,3-4,10,17,19-20H2,1-2H3,(H,34,40)(H,35,39)(H,36,41). The molecule has 0 aliphatic carbocycles. The molecule has 1 aliphatic heterocycles. The molecule has 2 unspecified atom stereocenters. The minimum absolute atomic E-state index is 0.0158. The van der Waals surface area contributed by atoms with E-state index in [9.17, 15) is 32.0 Å². The largest absolute Gasteiger partial charge is 0.487 e. The molecule has 1 aliphatic rings. The van der Waals surface area contributed by atoms with Crippen LogP contribution in [-0.2, 0) is 42.3 Å². The van der Waals surface area contributed by atoms with Gasteiger partial charge in [0.15, 0.2) is 0 Å². The zero-order valence-electron chi connectivity index (χ0n) is 25.7. The number of amides is 3. The van der Waals surface area contributed by atoms with Crippen LogP contribution in [-0.4, -0.2) is 57.8 Å². The van der Waals surface area contributed by atoms with E-state index in [2.05, 4.69) is 15.4 Å². The van der Waals surface area contributed by atoms with Crippen LogP contribution in [0.2, 0.25) is 0 Å². The molecular weight excluding hydrogens is 635 g/mol. The summed E-state index contributed by atoms with van der Waals surface area (Å²) in [5.41, 5.74) is 1.67. The summed E-state index contributed by atoms with van der Waals surface area (Å²) < 4.78 is 58.6. The number of para-hydroxylation sites is 1. The lowest BCUT2D eigenvalue weighted by atomic mass is 10.0. The Kier molecular flexibility index (Phi) is 11.7. The summed E-state index contributed by atoms with van der Waals surface area (Å²) in [6, 6.07) is 18.7. The summed E-state index contributed by atoms with van der Waals surface area (Å²) in [5.74, 6) is -1.92. The van der Waals surface area contributed by atoms with Crippen molar-refractivity contribution in [3.8, 4) is 5.75 Å². The number of carbonyl (C=O) groups excluding carboxylic acids is 4. The molecule has 3 N–H and O–H groups in total. The van der Waals surface area contributed by atoms with Crippen LogP contribution in [0.5, 0.6) is 5.75 Å². The van der Waals surface area contributed by atoms with Crippen LogP contribution in [0.4, 0.5) is 20.6 Å². The number of alkyl halides is 1. The lowest BCUT2D eigenvalue weighted by molar-refractivity contribution is -0.141. The average molecular weight is 671 g/mol. The predicted molar refractivity (Wildman–Crippen MR) is 170 cm³/mol. The summed E-state index contributed by atoms with van der Waals surface area (Å²) >= 11 is 0. The van der Waals surface area contributed by atoms with E-state index in [1.807, 2.05) is 0 Å². The van der Waals surface area contributed by atoms with Gasteiger partial charge in [0.2, 0.25) is 12.3 Å². The number of halogens is 1. The number of fused-ring (bicyclic) bond motifs is 1. The molecule has 0 aromatic heterocycles. The summed E-state index contributed by atoms with van der Waals surface area (Å²) in [6.45, 7) is 2.21. The minimum atomic E-state index is -4.91. The Morgan fingerprint density at radius 3 is 2.45 bits per heavy atom. The van der Waals surface area contributed by atoms with Crippen molar-refractivity contribution < 1.29 is 46.2 Å². The first-order valence-corrected chi connectivity index (χ1v) is 16.3. The van der Waals surface area contributed by atoms with Crippen molar-refractivity contribution >= 4 is 45.5 Å². The van der Waals surface area contributed by atoms with E-state index in [4.69, 9.17) is 9.47 Å². The lowest BCUT2D eigenvalue weighted by Gasteiger charge is -2.26. The fourth-order valence-corrected chi connectivity index (χ4v) is 5.70. The Labute approximate surface area is 271 Å². The summed E-state index contributed by atoms with van der Waals surface area (Å²) in [5, 5.41) is 5.44. The van der Waals surface area contributed by atoms with Crippen molar-refractivity contribution in [3.05, 3.63) is 89.5 Å². The highest BCUT2D eigenvalue weighted by molar-refractivity contribution is 7.91. The fraction of sp³-hybridized carbons (Fsp3) is 0.312. The normalized spacial score (nSPS) is 14.8. The number of esters is 1. The Balaban J connectivity index is 1.69. The fourth-order valence-electron chi connectivity index (χ4n) is 4.64. The van der Waals surface area contributed by atoms with Gasteiger partial charge in [-0.25, -0.2) is 18.2 Å². The van der Waals surface area contributed by atoms with Gasteiger partial charge in [0.1, 0.15) is 24.9 Å². The highest BCUT2D eigenvalue weighted by Crippen LogP contribution is 2.33. The van der Waals surface area contributed by atoms with E-state index >= 15 is 0 Å². The van der Waals surface area contributed by atoms with Crippen LogP contribution >= 0.6 is 0 Å². The van der Waals surface area contributed by atoms with E-state index in [0.29, 0.717) is 27.5 Å². The van der Waals surface area contributed by atoms with Crippen LogP contribution in [0.25, 0.3) is 0 Å². The summed E-state index contributed by atoms with van der Waals surface area (Å²) in [4.78, 5) is 50.8. The Bertz CT molecular complexity index is 1710. The minimum Gasteiger partial charge on any atom is -0.487 e. The molecule has 0 radical (unpaired) electrons. The summed E-state index contributed by atoms with van der Waals surface area (Å²) in [6.07, 6.45) is -3.46. The van der Waals surface area contributed by atoms with Gasteiger partial charge in [-0.05, 0) is 48.7 Å². The Morgan fingerprint density at radius 2 is 1.72 bits per heavy atom. The van der Waals surface area contributed by atoms with Gasteiger partial charge in [-0.15, -0.1) is 0 Å². The third kappa shape index (κ3) is 9.42. The highest BCUT2D eigenvalue weighted by Gasteiger charge is 2.33. The number of anilines is 2. The molecule has 4 rings (SSSR count). The van der Waals surface area contributed by atoms with Crippen LogP contribution in [0.15, 0.2) is 72.8 Å². The van der Waals surface area contributed by atoms with Gasteiger partial charge in [-0.1, -0.05) is 55.5 Å². The maximum absolute atomic E-state index is 13.9. The number of benzene rings is 3. The molecular formula is C32H35FN4O9S. The first-order valence-electron chi connectivity index (χ1n) is 14.8. The first kappa shape index (κ1) is 34.7. The smallest absolute Gasteiger partial charge is 0.424 e. The highest BCUT2D eigenvalue weighted by atomic mass is 32.2. The number of nitrogens with zero attached hydrogens (tertiary/aromatic N) is 1. The quantitative estimate of drug-likeness (QED) is 0.215. The zero-order chi connectivity index (χ0) is 34.0. The second kappa shape index (κ2) is 15.9. The van der Waals surface area contributed by atoms with Crippen LogP contribution < -0.4 is 24.4 Å². The molecule has 2 atom stereocenters. The molecule has 0 saturated carbocycles. The zero-order valence-corrected chi connectivity index (χ0v) is 26.5. The molecule has 3 amide bonds. The van der Waals surface area contributed by atoms with Crippen molar-refractivity contribution in [2.75, 3.05) is 22.8 Å². The number of ether oxygens (including phenoxy) is 3. The average Bonchev–Trinajstić information content (AvgIpc) is 3.14. The third-order valence-corrected chi connectivity index (χ3v) is 8.18. The Hall–Kier alpha value is -5.18. The van der Waals surface area contributed by atoms with E-state index < -0.39 is 53.0 Å². The SMILES string of the molecule is CCCC(F)OC(=O)NS(=O)(=O)N(CC(=O)OCC)c1ccc(CC2NC(=O)c3ccccc3NC2=O)cc1OCc1ccccc1. The maximum atomic E-state index is 13.9. The van der Waals surface area contributed by atoms with Gasteiger partial charge in [0, 0.05) is 12.8 Å². The molecule has 13 nitrogen and oxygen atoms in total. The van der Waals surface area contributed by atoms with Crippen LogP contribution in [0.1, 0.15) is 48.2 Å². The first-order chi connectivity index (χ1) is 22.5. The van der Waals surface area contributed by atoms with Crippen molar-refractivity contribution in [1.82, 2.24) is 10.0 Å². The molecule has 15 heteroatoms. The predicted octanol–water partition coefficient (Wildman–Crippen LogP) is 4.00. The van der Waals surface area contributed by atoms with Crippen molar-refractivity contribution in [2.24, 2.45) is 0 Å². The molecule has 47 heavy (non-hydrogen) atoms. The van der Waals surface area contributed by atoms with Crippen molar-refractivity contribution in [2.45, 2.75) is 52.1 Å². The van der Waals surface area contributed by atoms with Gasteiger partial charge < -0.3 is 24.8 Å². The van der Waals surface area contributed by atoms with Gasteiger partial charge >= 0.3 is 22.3 Å². The molecule has 1 heterocycles. The molecule has 0 saturated heterocycles. The lowest BCUT2D eigenvalue weighted by Crippen LogP contribution is -2.47. The van der Waals surface area contributed by atoms with Gasteiger partial charge in [0.25, 0.3) is 5.91 Å². The van der Waals surface area contributed by atoms with E-state index in [1.165, 1.54) is 25.1 Å². The molecule has 0 fully saturated rings. The van der Waals surface area contributed by atoms with E-state index in [-0.39, 0.29) is 37.5 Å². The second-order valence-corrected chi connectivity index (χ2v) is 12.0.